The molecule has 0 aliphatic heterocycles. The predicted octanol–water partition coefficient (Wildman–Crippen LogP) is 2.84. The summed E-state index contributed by atoms with van der Waals surface area (Å²) in [5, 5.41) is 37.0. The SMILES string of the molecule is CN(CCC(O)C(F)(F)F)c1nnc(-c2cc(Cl)ccc2F)cc1C(C)(O)O. The minimum Gasteiger partial charge on any atom is -0.384 e. The van der Waals surface area contributed by atoms with Crippen LogP contribution in [0.3, 0.4) is 0 Å². The fourth-order valence-corrected chi connectivity index (χ4v) is 2.60. The Morgan fingerprint density at radius 3 is 2.39 bits per heavy atom. The van der Waals surface area contributed by atoms with Crippen LogP contribution in [0.25, 0.3) is 11.3 Å². The number of aromatic nitrogens is 2. The third-order valence-electron chi connectivity index (χ3n) is 3.97. The standard InChI is InChI=1S/C17H18ClF4N3O3/c1-16(27,28)11-8-13(10-7-9(18)3-4-12(10)19)23-24-15(11)25(2)6-5-14(26)17(20,21)22/h3-4,7-8,14,26-28H,5-6H2,1-2H3. The molecule has 0 saturated carbocycles. The van der Waals surface area contributed by atoms with Crippen molar-refractivity contribution in [3.05, 3.63) is 40.7 Å². The second-order valence-corrected chi connectivity index (χ2v) is 6.82. The minimum atomic E-state index is -4.77. The molecule has 1 aromatic carbocycles. The van der Waals surface area contributed by atoms with Crippen LogP contribution in [0.4, 0.5) is 23.4 Å². The van der Waals surface area contributed by atoms with Crippen molar-refractivity contribution >= 4 is 17.4 Å². The molecular weight excluding hydrogens is 406 g/mol. The Hall–Kier alpha value is -2.01. The molecule has 0 aliphatic rings. The summed E-state index contributed by atoms with van der Waals surface area (Å²) >= 11 is 5.85. The lowest BCUT2D eigenvalue weighted by atomic mass is 10.0. The van der Waals surface area contributed by atoms with Crippen LogP contribution in [-0.4, -0.2) is 51.4 Å². The lowest BCUT2D eigenvalue weighted by Gasteiger charge is -2.26. The first-order valence-electron chi connectivity index (χ1n) is 8.05. The summed E-state index contributed by atoms with van der Waals surface area (Å²) in [4.78, 5) is 1.18. The van der Waals surface area contributed by atoms with Gasteiger partial charge in [-0.25, -0.2) is 4.39 Å². The third kappa shape index (κ3) is 5.28. The highest BCUT2D eigenvalue weighted by molar-refractivity contribution is 6.30. The first-order chi connectivity index (χ1) is 12.8. The summed E-state index contributed by atoms with van der Waals surface area (Å²) in [5.41, 5.74) is -0.287. The van der Waals surface area contributed by atoms with Crippen molar-refractivity contribution < 1.29 is 32.9 Å². The van der Waals surface area contributed by atoms with Gasteiger partial charge in [-0.3, -0.25) is 0 Å². The van der Waals surface area contributed by atoms with Crippen LogP contribution in [-0.2, 0) is 5.79 Å². The summed E-state index contributed by atoms with van der Waals surface area (Å²) in [6.07, 6.45) is -7.98. The number of hydrogen-bond acceptors (Lipinski definition) is 6. The monoisotopic (exact) mass is 423 g/mol. The average molecular weight is 424 g/mol. The maximum absolute atomic E-state index is 14.1. The lowest BCUT2D eigenvalue weighted by Crippen LogP contribution is -2.34. The van der Waals surface area contributed by atoms with Crippen LogP contribution in [0.5, 0.6) is 0 Å². The Morgan fingerprint density at radius 2 is 1.82 bits per heavy atom. The molecule has 11 heteroatoms. The normalized spacial score (nSPS) is 13.5. The fraction of sp³-hybridized carbons (Fsp3) is 0.412. The maximum Gasteiger partial charge on any atom is 0.414 e. The number of benzene rings is 1. The Labute approximate surface area is 163 Å². The second-order valence-electron chi connectivity index (χ2n) is 6.38. The molecule has 0 radical (unpaired) electrons. The zero-order valence-corrected chi connectivity index (χ0v) is 15.6. The van der Waals surface area contributed by atoms with E-state index in [1.807, 2.05) is 0 Å². The second kappa shape index (κ2) is 8.16. The number of anilines is 1. The number of hydrogen-bond donors (Lipinski definition) is 3. The summed E-state index contributed by atoms with van der Waals surface area (Å²) in [5.74, 6) is -3.24. The molecule has 0 aliphatic carbocycles. The van der Waals surface area contributed by atoms with E-state index in [0.29, 0.717) is 0 Å². The zero-order valence-electron chi connectivity index (χ0n) is 14.9. The van der Waals surface area contributed by atoms with Gasteiger partial charge in [0.05, 0.1) is 11.3 Å². The predicted molar refractivity (Wildman–Crippen MR) is 94.2 cm³/mol. The van der Waals surface area contributed by atoms with Gasteiger partial charge < -0.3 is 20.2 Å². The van der Waals surface area contributed by atoms with E-state index in [1.54, 1.807) is 0 Å². The molecule has 0 saturated heterocycles. The highest BCUT2D eigenvalue weighted by atomic mass is 35.5. The van der Waals surface area contributed by atoms with E-state index in [1.165, 1.54) is 24.1 Å². The first-order valence-corrected chi connectivity index (χ1v) is 8.42. The fourth-order valence-electron chi connectivity index (χ4n) is 2.43. The van der Waals surface area contributed by atoms with Crippen molar-refractivity contribution in [1.29, 1.82) is 0 Å². The number of rotatable bonds is 6. The summed E-state index contributed by atoms with van der Waals surface area (Å²) < 4.78 is 51.4. The van der Waals surface area contributed by atoms with Crippen LogP contribution in [0.2, 0.25) is 5.02 Å². The molecule has 3 N–H and O–H groups in total. The van der Waals surface area contributed by atoms with Crippen molar-refractivity contribution in [1.82, 2.24) is 10.2 Å². The van der Waals surface area contributed by atoms with E-state index in [0.717, 1.165) is 19.1 Å². The third-order valence-corrected chi connectivity index (χ3v) is 4.20. The van der Waals surface area contributed by atoms with Gasteiger partial charge in [0.25, 0.3) is 0 Å². The molecular formula is C17H18ClF4N3O3. The maximum atomic E-state index is 14.1. The summed E-state index contributed by atoms with van der Waals surface area (Å²) in [7, 11) is 1.35. The van der Waals surface area contributed by atoms with E-state index in [4.69, 9.17) is 16.7 Å². The first kappa shape index (κ1) is 22.3. The van der Waals surface area contributed by atoms with Crippen molar-refractivity contribution in [3.63, 3.8) is 0 Å². The Balaban J connectivity index is 2.39. The molecule has 2 aromatic rings. The molecule has 0 bridgehead atoms. The molecule has 0 amide bonds. The smallest absolute Gasteiger partial charge is 0.384 e. The summed E-state index contributed by atoms with van der Waals surface area (Å²) in [6, 6.07) is 4.87. The number of aliphatic hydroxyl groups is 3. The van der Waals surface area contributed by atoms with E-state index in [2.05, 4.69) is 10.2 Å². The average Bonchev–Trinajstić information content (AvgIpc) is 2.59. The number of alkyl halides is 3. The van der Waals surface area contributed by atoms with Gasteiger partial charge in [0.2, 0.25) is 0 Å². The molecule has 0 spiro atoms. The van der Waals surface area contributed by atoms with Gasteiger partial charge in [-0.2, -0.15) is 13.2 Å². The Kier molecular flexibility index (Phi) is 6.49. The van der Waals surface area contributed by atoms with Crippen LogP contribution in [0, 0.1) is 5.82 Å². The Bertz CT molecular complexity index is 843. The van der Waals surface area contributed by atoms with Crippen molar-refractivity contribution in [2.45, 2.75) is 31.4 Å². The quantitative estimate of drug-likeness (QED) is 0.489. The van der Waals surface area contributed by atoms with Crippen LogP contribution in [0.1, 0.15) is 18.9 Å². The van der Waals surface area contributed by atoms with Crippen molar-refractivity contribution in [2.24, 2.45) is 0 Å². The number of halogens is 5. The van der Waals surface area contributed by atoms with Crippen molar-refractivity contribution in [2.75, 3.05) is 18.5 Å². The molecule has 0 fully saturated rings. The van der Waals surface area contributed by atoms with Gasteiger partial charge in [-0.1, -0.05) is 11.6 Å². The van der Waals surface area contributed by atoms with E-state index < -0.39 is 30.3 Å². The van der Waals surface area contributed by atoms with Crippen molar-refractivity contribution in [3.8, 4) is 11.3 Å². The van der Waals surface area contributed by atoms with Gasteiger partial charge in [0, 0.05) is 24.2 Å². The largest absolute Gasteiger partial charge is 0.414 e. The zero-order chi connectivity index (χ0) is 21.3. The number of aliphatic hydroxyl groups excluding tert-OH is 1. The van der Waals surface area contributed by atoms with E-state index in [-0.39, 0.29) is 34.2 Å². The molecule has 1 heterocycles. The van der Waals surface area contributed by atoms with Gasteiger partial charge in [-0.05, 0) is 37.6 Å². The molecule has 1 unspecified atom stereocenters. The topological polar surface area (TPSA) is 89.7 Å². The van der Waals surface area contributed by atoms with Crippen LogP contribution >= 0.6 is 11.6 Å². The lowest BCUT2D eigenvalue weighted by molar-refractivity contribution is -0.204. The Morgan fingerprint density at radius 1 is 1.18 bits per heavy atom. The van der Waals surface area contributed by atoms with E-state index >= 15 is 0 Å². The molecule has 6 nitrogen and oxygen atoms in total. The molecule has 1 aromatic heterocycles. The number of nitrogens with zero attached hydrogens (tertiary/aromatic N) is 3. The van der Waals surface area contributed by atoms with Gasteiger partial charge in [0.15, 0.2) is 17.7 Å². The van der Waals surface area contributed by atoms with Gasteiger partial charge >= 0.3 is 6.18 Å². The highest BCUT2D eigenvalue weighted by Gasteiger charge is 2.38. The molecule has 1 atom stereocenters. The molecule has 28 heavy (non-hydrogen) atoms. The molecule has 2 rings (SSSR count). The summed E-state index contributed by atoms with van der Waals surface area (Å²) in [6.45, 7) is 0.716. The van der Waals surface area contributed by atoms with Gasteiger partial charge in [-0.15, -0.1) is 10.2 Å². The highest BCUT2D eigenvalue weighted by Crippen LogP contribution is 2.32. The van der Waals surface area contributed by atoms with Crippen LogP contribution < -0.4 is 4.90 Å². The minimum absolute atomic E-state index is 0.0350. The molecule has 154 valence electrons. The van der Waals surface area contributed by atoms with Crippen LogP contribution in [0.15, 0.2) is 24.3 Å². The van der Waals surface area contributed by atoms with Gasteiger partial charge in [0.1, 0.15) is 5.82 Å². The van der Waals surface area contributed by atoms with E-state index in [9.17, 15) is 27.8 Å².